The molecule has 2 heterocycles. The largest absolute Gasteiger partial charge is 0.420 e. The fourth-order valence-corrected chi connectivity index (χ4v) is 3.16. The zero-order valence-corrected chi connectivity index (χ0v) is 14.6. The molecule has 0 unspecified atom stereocenters. The van der Waals surface area contributed by atoms with Gasteiger partial charge in [-0.3, -0.25) is 9.36 Å². The van der Waals surface area contributed by atoms with E-state index in [1.807, 2.05) is 43.3 Å². The third-order valence-electron chi connectivity index (χ3n) is 4.84. The number of rotatable bonds is 4. The van der Waals surface area contributed by atoms with Crippen molar-refractivity contribution in [2.45, 2.75) is 19.5 Å². The summed E-state index contributed by atoms with van der Waals surface area (Å²) in [7, 11) is 1.74. The first-order valence-electron chi connectivity index (χ1n) is 8.46. The van der Waals surface area contributed by atoms with Crippen molar-refractivity contribution in [2.75, 3.05) is 7.05 Å². The van der Waals surface area contributed by atoms with Crippen LogP contribution in [0.4, 0.5) is 0 Å². The second kappa shape index (κ2) is 6.22. The van der Waals surface area contributed by atoms with Crippen molar-refractivity contribution in [3.8, 4) is 0 Å². The number of aromatic nitrogens is 2. The molecule has 132 valence electrons. The number of nitrogens with zero attached hydrogens (tertiary/aromatic N) is 2. The van der Waals surface area contributed by atoms with Gasteiger partial charge in [-0.05, 0) is 36.6 Å². The summed E-state index contributed by atoms with van der Waals surface area (Å²) in [6.07, 6.45) is 0. The molecule has 1 amide bonds. The summed E-state index contributed by atoms with van der Waals surface area (Å²) in [5, 5.41) is 1.10. The van der Waals surface area contributed by atoms with Gasteiger partial charge in [0.1, 0.15) is 6.54 Å². The number of carbonyl (C=O) groups is 1. The molecule has 0 bridgehead atoms. The number of likely N-dealkylation sites (N-methyl/N-ethyl adjacent to an activating group) is 1. The van der Waals surface area contributed by atoms with E-state index in [1.165, 1.54) is 4.57 Å². The van der Waals surface area contributed by atoms with E-state index in [0.29, 0.717) is 11.1 Å². The van der Waals surface area contributed by atoms with Gasteiger partial charge in [-0.1, -0.05) is 30.3 Å². The lowest BCUT2D eigenvalue weighted by atomic mass is 10.2. The number of aromatic amines is 1. The Balaban J connectivity index is 1.59. The standard InChI is InChI=1S/C20H19N3O3/c1-13(16-11-14-7-3-4-8-15(14)21-16)22(2)19(24)12-23-17-9-5-6-10-18(17)26-20(23)25/h3-11,13,21H,12H2,1-2H3/t13-/m0/s1. The van der Waals surface area contributed by atoms with E-state index in [1.54, 1.807) is 30.1 Å². The van der Waals surface area contributed by atoms with Crippen LogP contribution in [-0.2, 0) is 11.3 Å². The van der Waals surface area contributed by atoms with Crippen LogP contribution >= 0.6 is 0 Å². The number of nitrogens with one attached hydrogen (secondary N) is 1. The number of amides is 1. The van der Waals surface area contributed by atoms with Crippen LogP contribution in [0.25, 0.3) is 22.0 Å². The quantitative estimate of drug-likeness (QED) is 0.614. The average Bonchev–Trinajstić information content (AvgIpc) is 3.22. The van der Waals surface area contributed by atoms with Gasteiger partial charge in [-0.25, -0.2) is 4.79 Å². The Labute approximate surface area is 149 Å². The molecule has 4 aromatic rings. The Morgan fingerprint density at radius 2 is 1.92 bits per heavy atom. The number of oxazole rings is 1. The molecule has 2 aromatic heterocycles. The highest BCUT2D eigenvalue weighted by Crippen LogP contribution is 2.23. The predicted molar refractivity (Wildman–Crippen MR) is 100.0 cm³/mol. The van der Waals surface area contributed by atoms with E-state index < -0.39 is 5.76 Å². The van der Waals surface area contributed by atoms with E-state index in [-0.39, 0.29) is 18.5 Å². The monoisotopic (exact) mass is 349 g/mol. The first kappa shape index (κ1) is 16.2. The van der Waals surface area contributed by atoms with E-state index in [2.05, 4.69) is 4.98 Å². The molecule has 1 atom stereocenters. The third kappa shape index (κ3) is 2.69. The minimum absolute atomic E-state index is 0.0586. The first-order chi connectivity index (χ1) is 12.5. The highest BCUT2D eigenvalue weighted by atomic mass is 16.4. The number of fused-ring (bicyclic) bond motifs is 2. The van der Waals surface area contributed by atoms with Crippen LogP contribution < -0.4 is 5.76 Å². The Morgan fingerprint density at radius 3 is 2.73 bits per heavy atom. The SMILES string of the molecule is C[C@@H](c1cc2ccccc2[nH]1)N(C)C(=O)Cn1c(=O)oc2ccccc21. The average molecular weight is 349 g/mol. The topological polar surface area (TPSA) is 71.2 Å². The van der Waals surface area contributed by atoms with Gasteiger partial charge in [0.05, 0.1) is 11.6 Å². The number of hydrogen-bond donors (Lipinski definition) is 1. The Bertz CT molecular complexity index is 1120. The van der Waals surface area contributed by atoms with Crippen LogP contribution in [-0.4, -0.2) is 27.4 Å². The Kier molecular flexibility index (Phi) is 3.88. The third-order valence-corrected chi connectivity index (χ3v) is 4.84. The number of para-hydroxylation sites is 3. The summed E-state index contributed by atoms with van der Waals surface area (Å²) in [5.74, 6) is -0.684. The van der Waals surface area contributed by atoms with Crippen LogP contribution in [0.1, 0.15) is 18.7 Å². The van der Waals surface area contributed by atoms with E-state index in [0.717, 1.165) is 16.6 Å². The molecule has 4 rings (SSSR count). The molecule has 0 fully saturated rings. The van der Waals surface area contributed by atoms with Crippen molar-refractivity contribution in [1.29, 1.82) is 0 Å². The van der Waals surface area contributed by atoms with Crippen molar-refractivity contribution in [3.05, 3.63) is 70.8 Å². The van der Waals surface area contributed by atoms with Crippen LogP contribution in [0, 0.1) is 0 Å². The molecular weight excluding hydrogens is 330 g/mol. The number of benzene rings is 2. The summed E-state index contributed by atoms with van der Waals surface area (Å²) >= 11 is 0. The lowest BCUT2D eigenvalue weighted by Crippen LogP contribution is -2.34. The summed E-state index contributed by atoms with van der Waals surface area (Å²) < 4.78 is 6.56. The fraction of sp³-hybridized carbons (Fsp3) is 0.200. The van der Waals surface area contributed by atoms with E-state index in [9.17, 15) is 9.59 Å². The fourth-order valence-electron chi connectivity index (χ4n) is 3.16. The van der Waals surface area contributed by atoms with Gasteiger partial charge < -0.3 is 14.3 Å². The normalized spacial score (nSPS) is 12.5. The number of H-pyrrole nitrogens is 1. The van der Waals surface area contributed by atoms with Crippen molar-refractivity contribution >= 4 is 27.9 Å². The van der Waals surface area contributed by atoms with Crippen molar-refractivity contribution in [1.82, 2.24) is 14.5 Å². The zero-order valence-electron chi connectivity index (χ0n) is 14.6. The van der Waals surface area contributed by atoms with Crippen LogP contribution in [0.15, 0.2) is 63.8 Å². The maximum atomic E-state index is 12.7. The molecule has 2 aromatic carbocycles. The van der Waals surface area contributed by atoms with E-state index >= 15 is 0 Å². The lowest BCUT2D eigenvalue weighted by Gasteiger charge is -2.24. The predicted octanol–water partition coefficient (Wildman–Crippen LogP) is 3.30. The van der Waals surface area contributed by atoms with Crippen molar-refractivity contribution in [2.24, 2.45) is 0 Å². The molecule has 6 nitrogen and oxygen atoms in total. The van der Waals surface area contributed by atoms with Gasteiger partial charge in [0.25, 0.3) is 0 Å². The molecule has 1 N–H and O–H groups in total. The molecule has 0 radical (unpaired) electrons. The van der Waals surface area contributed by atoms with Gasteiger partial charge >= 0.3 is 5.76 Å². The molecule has 26 heavy (non-hydrogen) atoms. The molecule has 6 heteroatoms. The highest BCUT2D eigenvalue weighted by molar-refractivity contribution is 5.82. The zero-order chi connectivity index (χ0) is 18.3. The van der Waals surface area contributed by atoms with Crippen LogP contribution in [0.2, 0.25) is 0 Å². The molecule has 0 saturated heterocycles. The molecular formula is C20H19N3O3. The molecule has 0 aliphatic carbocycles. The second-order valence-corrected chi connectivity index (χ2v) is 6.41. The number of carbonyl (C=O) groups excluding carboxylic acids is 1. The highest BCUT2D eigenvalue weighted by Gasteiger charge is 2.21. The molecule has 0 aliphatic heterocycles. The molecule has 0 saturated carbocycles. The minimum atomic E-state index is -0.522. The van der Waals surface area contributed by atoms with Crippen LogP contribution in [0.5, 0.6) is 0 Å². The number of hydrogen-bond acceptors (Lipinski definition) is 3. The van der Waals surface area contributed by atoms with Gasteiger partial charge in [-0.2, -0.15) is 0 Å². The molecule has 0 aliphatic rings. The van der Waals surface area contributed by atoms with Gasteiger partial charge in [-0.15, -0.1) is 0 Å². The van der Waals surface area contributed by atoms with E-state index in [4.69, 9.17) is 4.42 Å². The maximum absolute atomic E-state index is 12.7. The summed E-state index contributed by atoms with van der Waals surface area (Å²) in [4.78, 5) is 29.8. The lowest BCUT2D eigenvalue weighted by molar-refractivity contribution is -0.132. The first-order valence-corrected chi connectivity index (χ1v) is 8.46. The smallest absolute Gasteiger partial charge is 0.408 e. The Morgan fingerprint density at radius 1 is 1.19 bits per heavy atom. The van der Waals surface area contributed by atoms with Gasteiger partial charge in [0.15, 0.2) is 5.58 Å². The summed E-state index contributed by atoms with van der Waals surface area (Å²) in [6.45, 7) is 1.90. The summed E-state index contributed by atoms with van der Waals surface area (Å²) in [6, 6.07) is 17.0. The second-order valence-electron chi connectivity index (χ2n) is 6.41. The maximum Gasteiger partial charge on any atom is 0.420 e. The van der Waals surface area contributed by atoms with Crippen molar-refractivity contribution < 1.29 is 9.21 Å². The van der Waals surface area contributed by atoms with Gasteiger partial charge in [0.2, 0.25) is 5.91 Å². The van der Waals surface area contributed by atoms with Crippen LogP contribution in [0.3, 0.4) is 0 Å². The minimum Gasteiger partial charge on any atom is -0.408 e. The summed E-state index contributed by atoms with van der Waals surface area (Å²) in [5.41, 5.74) is 3.09. The molecule has 0 spiro atoms. The Hall–Kier alpha value is -3.28. The van der Waals surface area contributed by atoms with Gasteiger partial charge in [0, 0.05) is 18.3 Å². The van der Waals surface area contributed by atoms with Crippen molar-refractivity contribution in [3.63, 3.8) is 0 Å².